The SMILES string of the molecule is CCOC(=O)/C(=C\CC(=O)c1ccc(Br)cc1)N=C(c1ccccc1)c1ccccc1. The molecule has 0 aliphatic rings. The summed E-state index contributed by atoms with van der Waals surface area (Å²) in [6, 6.07) is 26.3. The first-order chi connectivity index (χ1) is 15.1. The predicted octanol–water partition coefficient (Wildman–Crippen LogP) is 6.01. The first-order valence-corrected chi connectivity index (χ1v) is 10.7. The second kappa shape index (κ2) is 11.2. The zero-order chi connectivity index (χ0) is 22.1. The van der Waals surface area contributed by atoms with E-state index >= 15 is 0 Å². The Morgan fingerprint density at radius 2 is 1.39 bits per heavy atom. The topological polar surface area (TPSA) is 55.7 Å². The molecule has 3 aromatic carbocycles. The van der Waals surface area contributed by atoms with Crippen molar-refractivity contribution in [1.29, 1.82) is 0 Å². The van der Waals surface area contributed by atoms with Gasteiger partial charge in [-0.2, -0.15) is 0 Å². The number of halogens is 1. The van der Waals surface area contributed by atoms with Gasteiger partial charge in [0.1, 0.15) is 5.70 Å². The fraction of sp³-hybridized carbons (Fsp3) is 0.115. The van der Waals surface area contributed by atoms with Crippen LogP contribution in [0.2, 0.25) is 0 Å². The third kappa shape index (κ3) is 6.33. The van der Waals surface area contributed by atoms with Gasteiger partial charge in [0.25, 0.3) is 0 Å². The molecule has 0 radical (unpaired) electrons. The summed E-state index contributed by atoms with van der Waals surface area (Å²) in [7, 11) is 0. The molecule has 5 heteroatoms. The van der Waals surface area contributed by atoms with Crippen LogP contribution in [-0.4, -0.2) is 24.1 Å². The van der Waals surface area contributed by atoms with Crippen molar-refractivity contribution in [2.75, 3.05) is 6.61 Å². The predicted molar refractivity (Wildman–Crippen MR) is 126 cm³/mol. The summed E-state index contributed by atoms with van der Waals surface area (Å²) in [5.74, 6) is -0.666. The van der Waals surface area contributed by atoms with Gasteiger partial charge in [0.05, 0.1) is 12.3 Å². The van der Waals surface area contributed by atoms with Crippen molar-refractivity contribution in [3.05, 3.63) is 118 Å². The third-order valence-electron chi connectivity index (χ3n) is 4.46. The largest absolute Gasteiger partial charge is 0.461 e. The number of Topliss-reactive ketones (excluding diaryl/α,β-unsaturated/α-hetero) is 1. The molecule has 156 valence electrons. The Bertz CT molecular complexity index is 1050. The van der Waals surface area contributed by atoms with Gasteiger partial charge in [-0.1, -0.05) is 88.7 Å². The van der Waals surface area contributed by atoms with Crippen LogP contribution in [0.4, 0.5) is 0 Å². The van der Waals surface area contributed by atoms with E-state index in [2.05, 4.69) is 20.9 Å². The Morgan fingerprint density at radius 1 is 0.839 bits per heavy atom. The van der Waals surface area contributed by atoms with E-state index < -0.39 is 5.97 Å². The summed E-state index contributed by atoms with van der Waals surface area (Å²) in [6.07, 6.45) is 1.57. The summed E-state index contributed by atoms with van der Waals surface area (Å²) in [6.45, 7) is 1.96. The lowest BCUT2D eigenvalue weighted by atomic mass is 10.0. The van der Waals surface area contributed by atoms with Crippen LogP contribution in [0.25, 0.3) is 0 Å². The number of allylic oxidation sites excluding steroid dienone is 1. The molecule has 0 amide bonds. The molecule has 0 aliphatic carbocycles. The number of aliphatic imine (C=N–C) groups is 1. The average Bonchev–Trinajstić information content (AvgIpc) is 2.81. The summed E-state index contributed by atoms with van der Waals surface area (Å²) < 4.78 is 6.09. The van der Waals surface area contributed by atoms with Gasteiger partial charge in [0, 0.05) is 27.6 Å². The first-order valence-electron chi connectivity index (χ1n) is 9.94. The monoisotopic (exact) mass is 475 g/mol. The van der Waals surface area contributed by atoms with Crippen molar-refractivity contribution in [2.24, 2.45) is 4.99 Å². The molecule has 31 heavy (non-hydrogen) atoms. The molecule has 0 aliphatic heterocycles. The number of hydrogen-bond acceptors (Lipinski definition) is 4. The van der Waals surface area contributed by atoms with E-state index in [1.165, 1.54) is 6.08 Å². The molecule has 0 unspecified atom stereocenters. The summed E-state index contributed by atoms with van der Waals surface area (Å²) >= 11 is 3.36. The molecule has 0 atom stereocenters. The highest BCUT2D eigenvalue weighted by molar-refractivity contribution is 9.10. The molecule has 0 spiro atoms. The average molecular weight is 476 g/mol. The van der Waals surface area contributed by atoms with Crippen molar-refractivity contribution >= 4 is 33.4 Å². The van der Waals surface area contributed by atoms with Gasteiger partial charge in [0.2, 0.25) is 0 Å². The van der Waals surface area contributed by atoms with Gasteiger partial charge in [-0.05, 0) is 25.1 Å². The Morgan fingerprint density at radius 3 is 1.90 bits per heavy atom. The number of ether oxygens (including phenoxy) is 1. The maximum Gasteiger partial charge on any atom is 0.356 e. The smallest absolute Gasteiger partial charge is 0.356 e. The lowest BCUT2D eigenvalue weighted by Crippen LogP contribution is -2.11. The minimum absolute atomic E-state index is 0.0378. The van der Waals surface area contributed by atoms with Crippen molar-refractivity contribution in [2.45, 2.75) is 13.3 Å². The zero-order valence-corrected chi connectivity index (χ0v) is 18.7. The van der Waals surface area contributed by atoms with Crippen molar-refractivity contribution in [3.8, 4) is 0 Å². The zero-order valence-electron chi connectivity index (χ0n) is 17.1. The molecule has 0 bridgehead atoms. The van der Waals surface area contributed by atoms with Crippen LogP contribution in [0, 0.1) is 0 Å². The van der Waals surface area contributed by atoms with Crippen LogP contribution in [-0.2, 0) is 9.53 Å². The second-order valence-corrected chi connectivity index (χ2v) is 7.55. The van der Waals surface area contributed by atoms with E-state index in [4.69, 9.17) is 4.74 Å². The lowest BCUT2D eigenvalue weighted by Gasteiger charge is -2.09. The minimum Gasteiger partial charge on any atom is -0.461 e. The maximum atomic E-state index is 12.6. The molecule has 0 saturated carbocycles. The van der Waals surface area contributed by atoms with Gasteiger partial charge in [-0.3, -0.25) is 4.79 Å². The van der Waals surface area contributed by atoms with E-state index in [0.717, 1.165) is 15.6 Å². The van der Waals surface area contributed by atoms with Crippen LogP contribution in [0.1, 0.15) is 34.8 Å². The second-order valence-electron chi connectivity index (χ2n) is 6.64. The van der Waals surface area contributed by atoms with Gasteiger partial charge in [-0.15, -0.1) is 0 Å². The van der Waals surface area contributed by atoms with E-state index in [-0.39, 0.29) is 24.5 Å². The van der Waals surface area contributed by atoms with Crippen LogP contribution < -0.4 is 0 Å². The van der Waals surface area contributed by atoms with Crippen molar-refractivity contribution in [3.63, 3.8) is 0 Å². The molecule has 0 heterocycles. The number of hydrogen-bond donors (Lipinski definition) is 0. The molecular weight excluding hydrogens is 454 g/mol. The van der Waals surface area contributed by atoms with Crippen LogP contribution in [0.5, 0.6) is 0 Å². The van der Waals surface area contributed by atoms with Gasteiger partial charge in [0.15, 0.2) is 5.78 Å². The summed E-state index contributed by atoms with van der Waals surface area (Å²) in [5.41, 5.74) is 3.04. The first kappa shape index (κ1) is 22.4. The molecular formula is C26H22BrNO3. The highest BCUT2D eigenvalue weighted by atomic mass is 79.9. The number of carbonyl (C=O) groups excluding carboxylic acids is 2. The van der Waals surface area contributed by atoms with E-state index in [9.17, 15) is 9.59 Å². The van der Waals surface area contributed by atoms with Crippen molar-refractivity contribution < 1.29 is 14.3 Å². The lowest BCUT2D eigenvalue weighted by molar-refractivity contribution is -0.138. The standard InChI is InChI=1S/C26H22BrNO3/c1-2-31-26(30)23(17-18-24(29)19-13-15-22(27)16-14-19)28-25(20-9-5-3-6-10-20)21-11-7-4-8-12-21/h3-17H,2,18H2,1H3/b23-17+. The van der Waals surface area contributed by atoms with Crippen LogP contribution in [0.3, 0.4) is 0 Å². The van der Waals surface area contributed by atoms with Gasteiger partial charge in [-0.25, -0.2) is 9.79 Å². The number of carbonyl (C=O) groups is 2. The molecule has 4 nitrogen and oxygen atoms in total. The molecule has 3 rings (SSSR count). The van der Waals surface area contributed by atoms with Crippen LogP contribution >= 0.6 is 15.9 Å². The van der Waals surface area contributed by atoms with E-state index in [1.54, 1.807) is 19.1 Å². The highest BCUT2D eigenvalue weighted by Gasteiger charge is 2.15. The Balaban J connectivity index is 2.00. The Labute approximate surface area is 190 Å². The van der Waals surface area contributed by atoms with E-state index in [0.29, 0.717) is 11.3 Å². The number of nitrogens with zero attached hydrogens (tertiary/aromatic N) is 1. The quantitative estimate of drug-likeness (QED) is 0.173. The number of ketones is 1. The van der Waals surface area contributed by atoms with Crippen LogP contribution in [0.15, 0.2) is 106 Å². The molecule has 0 aromatic heterocycles. The van der Waals surface area contributed by atoms with E-state index in [1.807, 2.05) is 72.8 Å². The molecule has 0 fully saturated rings. The minimum atomic E-state index is -0.560. The molecule has 3 aromatic rings. The van der Waals surface area contributed by atoms with Gasteiger partial charge < -0.3 is 4.74 Å². The molecule has 0 saturated heterocycles. The fourth-order valence-corrected chi connectivity index (χ4v) is 3.20. The Kier molecular flexibility index (Phi) is 8.07. The third-order valence-corrected chi connectivity index (χ3v) is 4.99. The Hall–Kier alpha value is -3.31. The maximum absolute atomic E-state index is 12.6. The number of benzene rings is 3. The summed E-state index contributed by atoms with van der Waals surface area (Å²) in [5, 5.41) is 0. The summed E-state index contributed by atoms with van der Waals surface area (Å²) in [4.78, 5) is 29.9. The molecule has 0 N–H and O–H groups in total. The highest BCUT2D eigenvalue weighted by Crippen LogP contribution is 2.16. The normalized spacial score (nSPS) is 11.0. The fourth-order valence-electron chi connectivity index (χ4n) is 2.93. The van der Waals surface area contributed by atoms with Gasteiger partial charge >= 0.3 is 5.97 Å². The number of rotatable bonds is 8. The van der Waals surface area contributed by atoms with Crippen molar-refractivity contribution in [1.82, 2.24) is 0 Å². The number of esters is 1.